The Morgan fingerprint density at radius 3 is 2.71 bits per heavy atom. The molecule has 1 aliphatic rings. The number of benzene rings is 1. The van der Waals surface area contributed by atoms with Crippen LogP contribution in [-0.2, 0) is 22.6 Å². The summed E-state index contributed by atoms with van der Waals surface area (Å²) >= 11 is 5.67. The van der Waals surface area contributed by atoms with E-state index in [4.69, 9.17) is 21.1 Å². The smallest absolute Gasteiger partial charge is 0.329 e. The lowest BCUT2D eigenvalue weighted by Gasteiger charge is -2.22. The SMILES string of the molecule is O=c1n(CC=CCCl)c2ccccc2n1CCOC1CCCCO1. The summed E-state index contributed by atoms with van der Waals surface area (Å²) in [5, 5.41) is 0. The second kappa shape index (κ2) is 8.51. The Labute approximate surface area is 146 Å². The summed E-state index contributed by atoms with van der Waals surface area (Å²) in [6.45, 7) is 2.27. The highest BCUT2D eigenvalue weighted by molar-refractivity contribution is 6.18. The Kier molecular flexibility index (Phi) is 6.12. The highest BCUT2D eigenvalue weighted by Crippen LogP contribution is 2.15. The van der Waals surface area contributed by atoms with Crippen molar-refractivity contribution in [2.75, 3.05) is 19.1 Å². The van der Waals surface area contributed by atoms with E-state index in [2.05, 4.69) is 0 Å². The van der Waals surface area contributed by atoms with Crippen molar-refractivity contribution in [2.45, 2.75) is 38.6 Å². The van der Waals surface area contributed by atoms with E-state index >= 15 is 0 Å². The molecule has 1 unspecified atom stereocenters. The molecule has 0 N–H and O–H groups in total. The van der Waals surface area contributed by atoms with Gasteiger partial charge in [0.1, 0.15) is 0 Å². The normalized spacial score (nSPS) is 18.6. The van der Waals surface area contributed by atoms with Gasteiger partial charge in [0.15, 0.2) is 6.29 Å². The average Bonchev–Trinajstić information content (AvgIpc) is 2.89. The standard InChI is InChI=1S/C18H23ClN2O3/c19-10-4-5-11-20-15-7-1-2-8-16(15)21(18(20)22)12-14-24-17-9-3-6-13-23-17/h1-2,4-5,7-8,17H,3,6,9-14H2. The Morgan fingerprint density at radius 1 is 1.21 bits per heavy atom. The van der Waals surface area contributed by atoms with Crippen molar-refractivity contribution >= 4 is 22.6 Å². The summed E-state index contributed by atoms with van der Waals surface area (Å²) in [6, 6.07) is 7.82. The van der Waals surface area contributed by atoms with Gasteiger partial charge in [-0.05, 0) is 31.4 Å². The second-order valence-electron chi connectivity index (χ2n) is 5.83. The fourth-order valence-electron chi connectivity index (χ4n) is 3.03. The lowest BCUT2D eigenvalue weighted by molar-refractivity contribution is -0.163. The van der Waals surface area contributed by atoms with Crippen LogP contribution in [0.5, 0.6) is 0 Å². The van der Waals surface area contributed by atoms with Gasteiger partial charge in [-0.15, -0.1) is 11.6 Å². The molecule has 130 valence electrons. The summed E-state index contributed by atoms with van der Waals surface area (Å²) < 4.78 is 14.9. The molecular weight excluding hydrogens is 328 g/mol. The first-order valence-corrected chi connectivity index (χ1v) is 8.97. The van der Waals surface area contributed by atoms with Crippen LogP contribution in [-0.4, -0.2) is 34.5 Å². The van der Waals surface area contributed by atoms with E-state index in [1.54, 1.807) is 9.13 Å². The summed E-state index contributed by atoms with van der Waals surface area (Å²) in [5.74, 6) is 0.447. The lowest BCUT2D eigenvalue weighted by Crippen LogP contribution is -2.28. The van der Waals surface area contributed by atoms with Gasteiger partial charge < -0.3 is 9.47 Å². The summed E-state index contributed by atoms with van der Waals surface area (Å²) in [4.78, 5) is 12.7. The number of para-hydroxylation sites is 2. The van der Waals surface area contributed by atoms with Crippen LogP contribution in [0.2, 0.25) is 0 Å². The van der Waals surface area contributed by atoms with Crippen LogP contribution in [0.15, 0.2) is 41.2 Å². The van der Waals surface area contributed by atoms with Crippen LogP contribution in [0, 0.1) is 0 Å². The van der Waals surface area contributed by atoms with E-state index in [1.165, 1.54) is 0 Å². The van der Waals surface area contributed by atoms with E-state index in [0.717, 1.165) is 36.9 Å². The molecule has 0 bridgehead atoms. The van der Waals surface area contributed by atoms with Crippen LogP contribution in [0.1, 0.15) is 19.3 Å². The third-order valence-electron chi connectivity index (χ3n) is 4.23. The van der Waals surface area contributed by atoms with Crippen LogP contribution < -0.4 is 5.69 Å². The van der Waals surface area contributed by atoms with Crippen LogP contribution in [0.25, 0.3) is 11.0 Å². The molecule has 5 nitrogen and oxygen atoms in total. The number of rotatable bonds is 7. The Bertz CT molecular complexity index is 744. The number of hydrogen-bond donors (Lipinski definition) is 0. The number of halogens is 1. The maximum absolute atomic E-state index is 12.7. The molecule has 0 radical (unpaired) electrons. The van der Waals surface area contributed by atoms with Crippen molar-refractivity contribution in [3.05, 3.63) is 46.9 Å². The Hall–Kier alpha value is -1.56. The van der Waals surface area contributed by atoms with Crippen molar-refractivity contribution in [1.82, 2.24) is 9.13 Å². The second-order valence-corrected chi connectivity index (χ2v) is 6.13. The van der Waals surface area contributed by atoms with E-state index in [1.807, 2.05) is 36.4 Å². The number of allylic oxidation sites excluding steroid dienone is 2. The molecule has 0 amide bonds. The van der Waals surface area contributed by atoms with Gasteiger partial charge >= 0.3 is 5.69 Å². The third kappa shape index (κ3) is 3.91. The zero-order valence-electron chi connectivity index (χ0n) is 13.7. The average molecular weight is 351 g/mol. The number of hydrogen-bond acceptors (Lipinski definition) is 3. The number of fused-ring (bicyclic) bond motifs is 1. The fourth-order valence-corrected chi connectivity index (χ4v) is 3.15. The minimum absolute atomic E-state index is 0.0245. The number of nitrogens with zero attached hydrogens (tertiary/aromatic N) is 2. The molecule has 24 heavy (non-hydrogen) atoms. The zero-order chi connectivity index (χ0) is 16.8. The summed E-state index contributed by atoms with van der Waals surface area (Å²) in [5.41, 5.74) is 1.83. The molecule has 1 aliphatic heterocycles. The summed E-state index contributed by atoms with van der Waals surface area (Å²) in [6.07, 6.45) is 6.80. The molecule has 1 fully saturated rings. The van der Waals surface area contributed by atoms with Crippen molar-refractivity contribution in [3.63, 3.8) is 0 Å². The number of imidazole rings is 1. The largest absolute Gasteiger partial charge is 0.353 e. The molecule has 2 aromatic rings. The molecular formula is C18H23ClN2O3. The van der Waals surface area contributed by atoms with Gasteiger partial charge in [-0.2, -0.15) is 0 Å². The highest BCUT2D eigenvalue weighted by Gasteiger charge is 2.15. The molecule has 1 atom stereocenters. The minimum Gasteiger partial charge on any atom is -0.353 e. The predicted molar refractivity (Wildman–Crippen MR) is 95.6 cm³/mol. The monoisotopic (exact) mass is 350 g/mol. The third-order valence-corrected chi connectivity index (χ3v) is 4.40. The van der Waals surface area contributed by atoms with Crippen LogP contribution in [0.4, 0.5) is 0 Å². The molecule has 0 aliphatic carbocycles. The van der Waals surface area contributed by atoms with Crippen molar-refractivity contribution in [2.24, 2.45) is 0 Å². The van der Waals surface area contributed by atoms with E-state index in [0.29, 0.717) is 25.6 Å². The number of alkyl halides is 1. The summed E-state index contributed by atoms with van der Waals surface area (Å²) in [7, 11) is 0. The minimum atomic E-state index is -0.130. The topological polar surface area (TPSA) is 45.4 Å². The molecule has 0 spiro atoms. The molecule has 1 aromatic heterocycles. The first kappa shape index (κ1) is 17.3. The van der Waals surface area contributed by atoms with Gasteiger partial charge in [0.05, 0.1) is 24.2 Å². The number of ether oxygens (including phenoxy) is 2. The van der Waals surface area contributed by atoms with Crippen molar-refractivity contribution < 1.29 is 9.47 Å². The fraction of sp³-hybridized carbons (Fsp3) is 0.500. The Balaban J connectivity index is 1.75. The predicted octanol–water partition coefficient (Wildman–Crippen LogP) is 3.14. The van der Waals surface area contributed by atoms with Gasteiger partial charge in [-0.3, -0.25) is 9.13 Å². The first-order valence-electron chi connectivity index (χ1n) is 8.43. The molecule has 1 aromatic carbocycles. The maximum Gasteiger partial charge on any atom is 0.329 e. The van der Waals surface area contributed by atoms with Gasteiger partial charge in [-0.25, -0.2) is 4.79 Å². The molecule has 3 rings (SSSR count). The van der Waals surface area contributed by atoms with Gasteiger partial charge in [0.2, 0.25) is 0 Å². The van der Waals surface area contributed by atoms with Crippen molar-refractivity contribution in [3.8, 4) is 0 Å². The van der Waals surface area contributed by atoms with Gasteiger partial charge in [0, 0.05) is 19.0 Å². The quantitative estimate of drug-likeness (QED) is 0.569. The number of aromatic nitrogens is 2. The molecule has 0 saturated carbocycles. The highest BCUT2D eigenvalue weighted by atomic mass is 35.5. The molecule has 1 saturated heterocycles. The maximum atomic E-state index is 12.7. The van der Waals surface area contributed by atoms with E-state index < -0.39 is 0 Å². The molecule has 6 heteroatoms. The van der Waals surface area contributed by atoms with E-state index in [9.17, 15) is 4.79 Å². The first-order chi connectivity index (χ1) is 11.8. The van der Waals surface area contributed by atoms with Gasteiger partial charge in [0.25, 0.3) is 0 Å². The lowest BCUT2D eigenvalue weighted by atomic mass is 10.2. The van der Waals surface area contributed by atoms with Crippen LogP contribution in [0.3, 0.4) is 0 Å². The van der Waals surface area contributed by atoms with E-state index in [-0.39, 0.29) is 12.0 Å². The Morgan fingerprint density at radius 2 is 2.00 bits per heavy atom. The molecule has 2 heterocycles. The van der Waals surface area contributed by atoms with Crippen LogP contribution >= 0.6 is 11.6 Å². The van der Waals surface area contributed by atoms with Gasteiger partial charge in [-0.1, -0.05) is 24.3 Å². The van der Waals surface area contributed by atoms with Crippen molar-refractivity contribution in [1.29, 1.82) is 0 Å². The zero-order valence-corrected chi connectivity index (χ0v) is 14.5.